The van der Waals surface area contributed by atoms with Crippen LogP contribution in [0.5, 0.6) is 0 Å². The Morgan fingerprint density at radius 1 is 1.44 bits per heavy atom. The number of nitrogens with two attached hydrogens (primary N) is 1. The minimum Gasteiger partial charge on any atom is -0.375 e. The van der Waals surface area contributed by atoms with Gasteiger partial charge in [0.15, 0.2) is 6.23 Å². The van der Waals surface area contributed by atoms with Crippen LogP contribution in [0.2, 0.25) is 0 Å². The van der Waals surface area contributed by atoms with Crippen LogP contribution in [0.4, 0.5) is 15.8 Å². The van der Waals surface area contributed by atoms with Crippen molar-refractivity contribution in [1.82, 2.24) is 15.2 Å². The Hall–Kier alpha value is -2.97. The number of rotatable bonds is 4. The number of nitrogens with zero attached hydrogens (tertiary/aromatic N) is 3. The quantitative estimate of drug-likeness (QED) is 0.674. The van der Waals surface area contributed by atoms with Gasteiger partial charge in [-0.15, -0.1) is 0 Å². The highest BCUT2D eigenvalue weighted by Crippen LogP contribution is 2.35. The SMILES string of the molecule is CN/C(=C\CN)N1C(Nc2cccnc2)=Nc2ccc(F)cc2C1O. The number of fused-ring (bicyclic) bond motifs is 1. The molecule has 8 heteroatoms. The number of anilines is 1. The van der Waals surface area contributed by atoms with Gasteiger partial charge in [0, 0.05) is 25.4 Å². The molecule has 1 unspecified atom stereocenters. The number of hydrogen-bond donors (Lipinski definition) is 4. The second kappa shape index (κ2) is 7.29. The maximum Gasteiger partial charge on any atom is 0.211 e. The predicted octanol–water partition coefficient (Wildman–Crippen LogP) is 1.65. The maximum absolute atomic E-state index is 13.6. The Morgan fingerprint density at radius 3 is 2.96 bits per heavy atom. The molecular weight excluding hydrogens is 323 g/mol. The van der Waals surface area contributed by atoms with E-state index in [1.165, 1.54) is 23.1 Å². The van der Waals surface area contributed by atoms with Gasteiger partial charge < -0.3 is 21.5 Å². The fourth-order valence-electron chi connectivity index (χ4n) is 2.59. The molecule has 1 aliphatic rings. The van der Waals surface area contributed by atoms with E-state index in [1.54, 1.807) is 31.6 Å². The number of nitrogens with one attached hydrogen (secondary N) is 2. The molecule has 0 radical (unpaired) electrons. The summed E-state index contributed by atoms with van der Waals surface area (Å²) in [5.74, 6) is 0.471. The molecule has 7 nitrogen and oxygen atoms in total. The van der Waals surface area contributed by atoms with Gasteiger partial charge in [-0.05, 0) is 36.4 Å². The van der Waals surface area contributed by atoms with Gasteiger partial charge in [0.1, 0.15) is 11.6 Å². The summed E-state index contributed by atoms with van der Waals surface area (Å²) in [4.78, 5) is 10.1. The molecule has 1 aliphatic heterocycles. The monoisotopic (exact) mass is 342 g/mol. The van der Waals surface area contributed by atoms with Crippen molar-refractivity contribution in [2.75, 3.05) is 18.9 Å². The number of aliphatic imine (C=N–C) groups is 1. The van der Waals surface area contributed by atoms with Gasteiger partial charge in [-0.1, -0.05) is 0 Å². The van der Waals surface area contributed by atoms with Crippen LogP contribution in [-0.2, 0) is 0 Å². The second-order valence-corrected chi connectivity index (χ2v) is 5.32. The standard InChI is InChI=1S/C17H19FN6O/c1-20-15(6-7-19)24-16(25)13-9-11(18)4-5-14(13)23-17(24)22-12-3-2-8-21-10-12/h2-6,8-10,16,20,25H,7,19H2,1H3,(H,22,23)/b15-6+. The van der Waals surface area contributed by atoms with Gasteiger partial charge in [0.25, 0.3) is 0 Å². The summed E-state index contributed by atoms with van der Waals surface area (Å²) in [6.07, 6.45) is 3.87. The van der Waals surface area contributed by atoms with E-state index in [1.807, 2.05) is 6.07 Å². The molecule has 0 saturated heterocycles. The molecule has 0 bridgehead atoms. The average Bonchev–Trinajstić information content (AvgIpc) is 2.62. The van der Waals surface area contributed by atoms with Crippen molar-refractivity contribution in [2.24, 2.45) is 10.7 Å². The Morgan fingerprint density at radius 2 is 2.28 bits per heavy atom. The van der Waals surface area contributed by atoms with Crippen LogP contribution in [0.3, 0.4) is 0 Å². The number of aliphatic hydroxyl groups excluding tert-OH is 1. The van der Waals surface area contributed by atoms with E-state index in [0.29, 0.717) is 28.7 Å². The molecule has 1 aromatic heterocycles. The van der Waals surface area contributed by atoms with Crippen molar-refractivity contribution in [2.45, 2.75) is 6.23 Å². The first-order valence-corrected chi connectivity index (χ1v) is 7.74. The van der Waals surface area contributed by atoms with Crippen LogP contribution in [0.25, 0.3) is 0 Å². The molecule has 0 amide bonds. The third-order valence-corrected chi connectivity index (χ3v) is 3.71. The zero-order valence-corrected chi connectivity index (χ0v) is 13.6. The van der Waals surface area contributed by atoms with E-state index < -0.39 is 12.0 Å². The van der Waals surface area contributed by atoms with Gasteiger partial charge in [0.05, 0.1) is 17.6 Å². The van der Waals surface area contributed by atoms with Crippen LogP contribution < -0.4 is 16.4 Å². The summed E-state index contributed by atoms with van der Waals surface area (Å²) in [7, 11) is 1.71. The first kappa shape index (κ1) is 16.9. The third-order valence-electron chi connectivity index (χ3n) is 3.71. The van der Waals surface area contributed by atoms with Crippen LogP contribution in [0.15, 0.2) is 59.6 Å². The van der Waals surface area contributed by atoms with E-state index in [-0.39, 0.29) is 6.54 Å². The summed E-state index contributed by atoms with van der Waals surface area (Å²) in [5, 5.41) is 16.9. The van der Waals surface area contributed by atoms with Gasteiger partial charge >= 0.3 is 0 Å². The van der Waals surface area contributed by atoms with Gasteiger partial charge in [-0.3, -0.25) is 9.88 Å². The largest absolute Gasteiger partial charge is 0.375 e. The second-order valence-electron chi connectivity index (χ2n) is 5.32. The fourth-order valence-corrected chi connectivity index (χ4v) is 2.59. The number of hydrogen-bond acceptors (Lipinski definition) is 7. The number of guanidine groups is 1. The van der Waals surface area contributed by atoms with Crippen molar-refractivity contribution in [3.8, 4) is 0 Å². The zero-order chi connectivity index (χ0) is 17.8. The smallest absolute Gasteiger partial charge is 0.211 e. The lowest BCUT2D eigenvalue weighted by Crippen LogP contribution is -2.44. The Labute approximate surface area is 144 Å². The molecule has 1 atom stereocenters. The van der Waals surface area contributed by atoms with Crippen molar-refractivity contribution in [1.29, 1.82) is 0 Å². The summed E-state index contributed by atoms with van der Waals surface area (Å²) in [5.41, 5.74) is 7.18. The van der Waals surface area contributed by atoms with E-state index in [2.05, 4.69) is 20.6 Å². The number of pyridine rings is 1. The first-order chi connectivity index (χ1) is 12.1. The Bertz CT molecular complexity index is 808. The van der Waals surface area contributed by atoms with Crippen LogP contribution in [0.1, 0.15) is 11.8 Å². The number of benzene rings is 1. The van der Waals surface area contributed by atoms with Crippen molar-refractivity contribution < 1.29 is 9.50 Å². The highest BCUT2D eigenvalue weighted by molar-refractivity contribution is 5.97. The van der Waals surface area contributed by atoms with E-state index in [9.17, 15) is 9.50 Å². The Balaban J connectivity index is 2.08. The summed E-state index contributed by atoms with van der Waals surface area (Å²) in [6, 6.07) is 7.71. The van der Waals surface area contributed by atoms with E-state index in [0.717, 1.165) is 0 Å². The molecule has 130 valence electrons. The minimum atomic E-state index is -1.13. The van der Waals surface area contributed by atoms with E-state index in [4.69, 9.17) is 5.73 Å². The van der Waals surface area contributed by atoms with Crippen molar-refractivity contribution in [3.05, 3.63) is 66.0 Å². The molecule has 0 saturated carbocycles. The molecule has 3 rings (SSSR count). The molecule has 25 heavy (non-hydrogen) atoms. The fraction of sp³-hybridized carbons (Fsp3) is 0.176. The van der Waals surface area contributed by atoms with Crippen LogP contribution in [0, 0.1) is 5.82 Å². The highest BCUT2D eigenvalue weighted by Gasteiger charge is 2.31. The van der Waals surface area contributed by atoms with Crippen LogP contribution >= 0.6 is 0 Å². The molecule has 5 N–H and O–H groups in total. The number of halogens is 1. The third kappa shape index (κ3) is 3.44. The van der Waals surface area contributed by atoms with Gasteiger partial charge in [-0.2, -0.15) is 0 Å². The summed E-state index contributed by atoms with van der Waals surface area (Å²) >= 11 is 0. The summed E-state index contributed by atoms with van der Waals surface area (Å²) < 4.78 is 13.6. The van der Waals surface area contributed by atoms with E-state index >= 15 is 0 Å². The minimum absolute atomic E-state index is 0.259. The first-order valence-electron chi connectivity index (χ1n) is 7.74. The maximum atomic E-state index is 13.6. The normalized spacial score (nSPS) is 17.0. The van der Waals surface area contributed by atoms with Gasteiger partial charge in [-0.25, -0.2) is 9.38 Å². The lowest BCUT2D eigenvalue weighted by atomic mass is 10.1. The molecule has 2 heterocycles. The van der Waals surface area contributed by atoms with Crippen molar-refractivity contribution >= 4 is 17.3 Å². The topological polar surface area (TPSA) is 98.8 Å². The molecule has 0 fully saturated rings. The molecule has 0 aliphatic carbocycles. The predicted molar refractivity (Wildman–Crippen MR) is 94.4 cm³/mol. The number of aliphatic hydroxyl groups is 1. The average molecular weight is 342 g/mol. The zero-order valence-electron chi connectivity index (χ0n) is 13.6. The molecule has 1 aromatic carbocycles. The van der Waals surface area contributed by atoms with Crippen molar-refractivity contribution in [3.63, 3.8) is 0 Å². The van der Waals surface area contributed by atoms with Crippen LogP contribution in [-0.4, -0.2) is 34.5 Å². The lowest BCUT2D eigenvalue weighted by Gasteiger charge is -2.36. The summed E-state index contributed by atoms with van der Waals surface area (Å²) in [6.45, 7) is 0.259. The molecule has 0 spiro atoms. The van der Waals surface area contributed by atoms with Gasteiger partial charge in [0.2, 0.25) is 5.96 Å². The number of aromatic nitrogens is 1. The molecular formula is C17H19FN6O. The Kier molecular flexibility index (Phi) is 4.92. The highest BCUT2D eigenvalue weighted by atomic mass is 19.1. The molecule has 2 aromatic rings. The lowest BCUT2D eigenvalue weighted by molar-refractivity contribution is 0.0675.